The van der Waals surface area contributed by atoms with E-state index in [1.807, 2.05) is 24.1 Å². The number of carbonyl (C=O) groups excluding carboxylic acids is 1. The van der Waals surface area contributed by atoms with Gasteiger partial charge in [0.05, 0.1) is 19.7 Å². The molecular formula is C28H43ClN6O3. The Morgan fingerprint density at radius 3 is 2.39 bits per heavy atom. The van der Waals surface area contributed by atoms with Gasteiger partial charge in [0.25, 0.3) is 0 Å². The number of alkyl halides is 1. The number of halogens is 1. The number of nitrogens with zero attached hydrogens (tertiary/aromatic N) is 5. The Balaban J connectivity index is 1.56. The van der Waals surface area contributed by atoms with Gasteiger partial charge < -0.3 is 29.5 Å². The van der Waals surface area contributed by atoms with Gasteiger partial charge >= 0.3 is 0 Å². The van der Waals surface area contributed by atoms with Crippen LogP contribution in [-0.4, -0.2) is 93.2 Å². The van der Waals surface area contributed by atoms with Crippen LogP contribution in [0.4, 0.5) is 11.8 Å². The van der Waals surface area contributed by atoms with E-state index in [1.54, 1.807) is 14.2 Å². The Kier molecular flexibility index (Phi) is 10.1. The fourth-order valence-corrected chi connectivity index (χ4v) is 5.91. The molecule has 38 heavy (non-hydrogen) atoms. The number of hydrogen-bond acceptors (Lipinski definition) is 8. The average molecular weight is 547 g/mol. The summed E-state index contributed by atoms with van der Waals surface area (Å²) < 4.78 is 11.2. The van der Waals surface area contributed by atoms with Crippen LogP contribution in [0.5, 0.6) is 11.5 Å². The first-order valence-corrected chi connectivity index (χ1v) is 14.4. The summed E-state index contributed by atoms with van der Waals surface area (Å²) in [5.41, 5.74) is 0.816. The van der Waals surface area contributed by atoms with Gasteiger partial charge in [-0.2, -0.15) is 4.98 Å². The van der Waals surface area contributed by atoms with Crippen molar-refractivity contribution in [3.63, 3.8) is 0 Å². The van der Waals surface area contributed by atoms with Crippen molar-refractivity contribution >= 4 is 40.2 Å². The van der Waals surface area contributed by atoms with E-state index >= 15 is 0 Å². The largest absolute Gasteiger partial charge is 0.493 e. The molecule has 1 amide bonds. The summed E-state index contributed by atoms with van der Waals surface area (Å²) in [6, 6.07) is 5.09. The van der Waals surface area contributed by atoms with Crippen molar-refractivity contribution < 1.29 is 14.3 Å². The molecule has 10 heteroatoms. The zero-order chi connectivity index (χ0) is 27.1. The maximum Gasteiger partial charge on any atom is 0.234 e. The molecule has 1 aromatic carbocycles. The number of ether oxygens (including phenoxy) is 2. The minimum absolute atomic E-state index is 0.0236. The number of benzene rings is 1. The summed E-state index contributed by atoms with van der Waals surface area (Å²) >= 11 is 5.58. The van der Waals surface area contributed by atoms with Gasteiger partial charge in [0.15, 0.2) is 11.5 Å². The van der Waals surface area contributed by atoms with Crippen LogP contribution in [0.3, 0.4) is 0 Å². The number of hydrogen-bond donors (Lipinski definition) is 1. The molecule has 1 aromatic heterocycles. The van der Waals surface area contributed by atoms with Crippen LogP contribution in [0.15, 0.2) is 12.1 Å². The van der Waals surface area contributed by atoms with Crippen molar-refractivity contribution in [2.75, 3.05) is 70.2 Å². The second kappa shape index (κ2) is 13.5. The quantitative estimate of drug-likeness (QED) is 0.334. The van der Waals surface area contributed by atoms with Crippen molar-refractivity contribution in [3.8, 4) is 11.5 Å². The van der Waals surface area contributed by atoms with Crippen LogP contribution in [-0.2, 0) is 4.79 Å². The highest BCUT2D eigenvalue weighted by Gasteiger charge is 2.29. The third kappa shape index (κ3) is 6.72. The number of amides is 1. The van der Waals surface area contributed by atoms with E-state index in [4.69, 9.17) is 31.0 Å². The van der Waals surface area contributed by atoms with Gasteiger partial charge in [-0.3, -0.25) is 4.79 Å². The van der Waals surface area contributed by atoms with E-state index < -0.39 is 0 Å². The fraction of sp³-hybridized carbons (Fsp3) is 0.679. The van der Waals surface area contributed by atoms with Crippen LogP contribution in [0, 0.1) is 0 Å². The highest BCUT2D eigenvalue weighted by atomic mass is 35.5. The van der Waals surface area contributed by atoms with Gasteiger partial charge in [0.2, 0.25) is 11.9 Å². The maximum absolute atomic E-state index is 11.5. The predicted molar refractivity (Wildman–Crippen MR) is 154 cm³/mol. The molecule has 1 saturated heterocycles. The predicted octanol–water partition coefficient (Wildman–Crippen LogP) is 4.06. The molecule has 210 valence electrons. The number of nitrogens with one attached hydrogen (secondary N) is 1. The topological polar surface area (TPSA) is 83.1 Å². The minimum atomic E-state index is -0.157. The number of carbonyl (C=O) groups is 1. The molecule has 0 atom stereocenters. The Bertz CT molecular complexity index is 1070. The molecule has 4 rings (SSSR count). The number of anilines is 2. The van der Waals surface area contributed by atoms with E-state index in [9.17, 15) is 4.79 Å². The second-order valence-corrected chi connectivity index (χ2v) is 10.8. The summed E-state index contributed by atoms with van der Waals surface area (Å²) in [7, 11) is 7.43. The Morgan fingerprint density at radius 1 is 1.05 bits per heavy atom. The van der Waals surface area contributed by atoms with Crippen molar-refractivity contribution in [2.24, 2.45) is 0 Å². The molecule has 9 nitrogen and oxygen atoms in total. The SMILES string of the molecule is COc1cc2nc(N(C)CCCNC(=O)CCl)nc(N(C)C3CCN(C4CCCCC4)CC3)c2cc1OC. The lowest BCUT2D eigenvalue weighted by Crippen LogP contribution is -2.48. The number of fused-ring (bicyclic) bond motifs is 1. The molecule has 2 aromatic rings. The number of methoxy groups -OCH3 is 2. The van der Waals surface area contributed by atoms with Crippen LogP contribution in [0.25, 0.3) is 10.9 Å². The van der Waals surface area contributed by atoms with Crippen LogP contribution in [0.1, 0.15) is 51.4 Å². The normalized spacial score (nSPS) is 17.4. The van der Waals surface area contributed by atoms with Gasteiger partial charge in [-0.1, -0.05) is 19.3 Å². The molecule has 2 aliphatic rings. The molecule has 1 saturated carbocycles. The van der Waals surface area contributed by atoms with E-state index in [-0.39, 0.29) is 11.8 Å². The van der Waals surface area contributed by atoms with Gasteiger partial charge in [-0.05, 0) is 38.2 Å². The molecule has 0 radical (unpaired) electrons. The van der Waals surface area contributed by atoms with Crippen molar-refractivity contribution in [2.45, 2.75) is 63.5 Å². The standard InChI is InChI=1S/C28H43ClN6O3/c1-33(14-8-13-30-26(36)19-29)28-31-23-18-25(38-4)24(37-3)17-22(23)27(32-28)34(2)20-11-15-35(16-12-20)21-9-6-5-7-10-21/h17-18,20-21H,5-16,19H2,1-4H3,(H,30,36). The maximum atomic E-state index is 11.5. The van der Waals surface area contributed by atoms with Gasteiger partial charge in [0.1, 0.15) is 11.7 Å². The lowest BCUT2D eigenvalue weighted by atomic mass is 9.92. The van der Waals surface area contributed by atoms with Gasteiger partial charge in [-0.25, -0.2) is 4.98 Å². The van der Waals surface area contributed by atoms with Crippen molar-refractivity contribution in [3.05, 3.63) is 12.1 Å². The third-order valence-corrected chi connectivity index (χ3v) is 8.34. The second-order valence-electron chi connectivity index (χ2n) is 10.5. The molecule has 1 aliphatic carbocycles. The molecule has 1 aliphatic heterocycles. The number of likely N-dealkylation sites (tertiary alicyclic amines) is 1. The van der Waals surface area contributed by atoms with Gasteiger partial charge in [0, 0.05) is 63.8 Å². The highest BCUT2D eigenvalue weighted by molar-refractivity contribution is 6.27. The zero-order valence-electron chi connectivity index (χ0n) is 23.3. The minimum Gasteiger partial charge on any atom is -0.493 e. The van der Waals surface area contributed by atoms with E-state index in [0.29, 0.717) is 36.6 Å². The first kappa shape index (κ1) is 28.5. The Labute approximate surface area is 231 Å². The van der Waals surface area contributed by atoms with E-state index in [0.717, 1.165) is 55.1 Å². The summed E-state index contributed by atoms with van der Waals surface area (Å²) in [4.78, 5) is 28.5. The van der Waals surface area contributed by atoms with E-state index in [1.165, 1.54) is 32.1 Å². The molecule has 0 unspecified atom stereocenters. The Morgan fingerprint density at radius 2 is 1.74 bits per heavy atom. The molecular weight excluding hydrogens is 504 g/mol. The number of aromatic nitrogens is 2. The van der Waals surface area contributed by atoms with Crippen LogP contribution in [0.2, 0.25) is 0 Å². The summed E-state index contributed by atoms with van der Waals surface area (Å²) in [5, 5.41) is 3.77. The summed E-state index contributed by atoms with van der Waals surface area (Å²) in [6.45, 7) is 3.53. The Hall–Kier alpha value is -2.52. The van der Waals surface area contributed by atoms with Gasteiger partial charge in [-0.15, -0.1) is 11.6 Å². The summed E-state index contributed by atoms with van der Waals surface area (Å²) in [6.07, 6.45) is 9.85. The lowest BCUT2D eigenvalue weighted by molar-refractivity contribution is -0.118. The van der Waals surface area contributed by atoms with Crippen molar-refractivity contribution in [1.82, 2.24) is 20.2 Å². The van der Waals surface area contributed by atoms with Crippen LogP contribution < -0.4 is 24.6 Å². The molecule has 0 spiro atoms. The first-order chi connectivity index (χ1) is 18.4. The van der Waals surface area contributed by atoms with Crippen molar-refractivity contribution in [1.29, 1.82) is 0 Å². The fourth-order valence-electron chi connectivity index (χ4n) is 5.82. The number of rotatable bonds is 11. The summed E-state index contributed by atoms with van der Waals surface area (Å²) in [5.74, 6) is 2.69. The lowest BCUT2D eigenvalue weighted by Gasteiger charge is -2.42. The molecule has 2 heterocycles. The monoisotopic (exact) mass is 546 g/mol. The zero-order valence-corrected chi connectivity index (χ0v) is 24.1. The molecule has 0 bridgehead atoms. The smallest absolute Gasteiger partial charge is 0.234 e. The highest BCUT2D eigenvalue weighted by Crippen LogP contribution is 2.37. The molecule has 2 fully saturated rings. The van der Waals surface area contributed by atoms with E-state index in [2.05, 4.69) is 22.2 Å². The first-order valence-electron chi connectivity index (χ1n) is 13.9. The van der Waals surface area contributed by atoms with Crippen LogP contribution >= 0.6 is 11.6 Å². The average Bonchev–Trinajstić information content (AvgIpc) is 2.97. The number of piperidine rings is 1. The third-order valence-electron chi connectivity index (χ3n) is 8.10. The molecule has 1 N–H and O–H groups in total.